The largest absolute Gasteiger partial charge is 0.302 e. The van der Waals surface area contributed by atoms with Gasteiger partial charge in [-0.15, -0.1) is 0 Å². The van der Waals surface area contributed by atoms with Crippen LogP contribution in [-0.4, -0.2) is 98.1 Å². The molecule has 0 spiro atoms. The van der Waals surface area contributed by atoms with E-state index in [2.05, 4.69) is 61.1 Å². The lowest BCUT2D eigenvalue weighted by Gasteiger charge is -2.32. The lowest BCUT2D eigenvalue weighted by atomic mass is 10.0. The van der Waals surface area contributed by atoms with Crippen molar-refractivity contribution in [2.45, 2.75) is 658 Å². The molecule has 0 aromatic carbocycles. The quantitative estimate of drug-likeness (QED) is 0.0563. The van der Waals surface area contributed by atoms with Crippen LogP contribution in [0.2, 0.25) is 0 Å². The lowest BCUT2D eigenvalue weighted by Crippen LogP contribution is -2.44. The fraction of sp³-hybridized carbons (Fsp3) is 1.00. The topological polar surface area (TPSA) is 13.0 Å². The SMILES string of the molecule is CCCCCCCCCCCCCCCCCCN(CCCCCCCCCCCCCCCCCC)CCN(CCN(CCCCCCCCCCCCCCCCCC)CCCCCCCCCCCCCCCCCC)CCN(CCCCCCCCCCCCCCCCCC)CCCCCCCCCCCCCCCCCC. The second-order valence-corrected chi connectivity index (χ2v) is 40.2. The van der Waals surface area contributed by atoms with E-state index in [1.165, 1.54) is 695 Å². The Hall–Kier alpha value is -0.160. The van der Waals surface area contributed by atoms with Crippen LogP contribution in [0.4, 0.5) is 0 Å². The van der Waals surface area contributed by atoms with E-state index in [0.29, 0.717) is 0 Å². The molecule has 0 heterocycles. The standard InChI is InChI=1S/C114H234N4/c1-7-13-19-25-31-37-43-49-55-61-67-73-79-85-91-97-103-115(104-98-92-86-80-74-68-62-56-50-44-38-32-26-20-14-8-2)109-112-118(113-110-116(105-99-93-87-81-75-69-63-57-51-45-39-33-27-21-15-9-3)106-100-94-88-82-76-70-64-58-52-46-40-34-28-22-16-10-4)114-111-117(107-101-95-89-83-77-71-65-59-53-47-41-35-29-23-17-11-5)108-102-96-90-84-78-72-66-60-54-48-42-36-30-24-18-12-6/h7-114H2,1-6H3. The zero-order valence-electron chi connectivity index (χ0n) is 84.2. The summed E-state index contributed by atoms with van der Waals surface area (Å²) >= 11 is 0. The van der Waals surface area contributed by atoms with Gasteiger partial charge in [-0.1, -0.05) is 619 Å². The first-order chi connectivity index (χ1) is 58.6. The normalized spacial score (nSPS) is 12.1. The monoisotopic (exact) mass is 1660 g/mol. The van der Waals surface area contributed by atoms with Crippen LogP contribution in [0.15, 0.2) is 0 Å². The first-order valence-corrected chi connectivity index (χ1v) is 57.5. The molecule has 0 radical (unpaired) electrons. The summed E-state index contributed by atoms with van der Waals surface area (Å²) in [5, 5.41) is 0. The first kappa shape index (κ1) is 118. The molecule has 0 aromatic rings. The molecule has 0 atom stereocenters. The van der Waals surface area contributed by atoms with E-state index in [1.54, 1.807) is 0 Å². The summed E-state index contributed by atoms with van der Waals surface area (Å²) in [7, 11) is 0. The fourth-order valence-corrected chi connectivity index (χ4v) is 19.5. The van der Waals surface area contributed by atoms with Crippen molar-refractivity contribution < 1.29 is 0 Å². The Morgan fingerprint density at radius 2 is 0.127 bits per heavy atom. The van der Waals surface area contributed by atoms with Crippen molar-refractivity contribution in [1.29, 1.82) is 0 Å². The molecule has 0 N–H and O–H groups in total. The molecule has 0 aliphatic carbocycles. The minimum Gasteiger partial charge on any atom is -0.302 e. The second kappa shape index (κ2) is 109. The van der Waals surface area contributed by atoms with E-state index in [1.807, 2.05) is 0 Å². The van der Waals surface area contributed by atoms with Gasteiger partial charge in [0.1, 0.15) is 0 Å². The highest BCUT2D eigenvalue weighted by Gasteiger charge is 2.16. The third-order valence-corrected chi connectivity index (χ3v) is 28.2. The molecule has 0 unspecified atom stereocenters. The molecule has 118 heavy (non-hydrogen) atoms. The second-order valence-electron chi connectivity index (χ2n) is 40.2. The molecule has 0 fully saturated rings. The minimum absolute atomic E-state index is 1.27. The van der Waals surface area contributed by atoms with Crippen molar-refractivity contribution in [2.24, 2.45) is 0 Å². The predicted molar refractivity (Wildman–Crippen MR) is 543 cm³/mol. The van der Waals surface area contributed by atoms with Crippen molar-refractivity contribution in [3.63, 3.8) is 0 Å². The molecule has 0 amide bonds. The molecule has 710 valence electrons. The molecule has 4 nitrogen and oxygen atoms in total. The van der Waals surface area contributed by atoms with Crippen LogP contribution in [0.1, 0.15) is 658 Å². The Labute approximate surface area is 751 Å². The average Bonchev–Trinajstić information content (AvgIpc) is 0.927. The number of unbranched alkanes of at least 4 members (excludes halogenated alkanes) is 90. The third-order valence-electron chi connectivity index (χ3n) is 28.2. The Morgan fingerprint density at radius 1 is 0.0678 bits per heavy atom. The van der Waals surface area contributed by atoms with E-state index in [9.17, 15) is 0 Å². The van der Waals surface area contributed by atoms with Gasteiger partial charge in [0.2, 0.25) is 0 Å². The molecular formula is C114H234N4. The summed E-state index contributed by atoms with van der Waals surface area (Å²) < 4.78 is 0. The van der Waals surface area contributed by atoms with Crippen molar-refractivity contribution in [3.8, 4) is 0 Å². The van der Waals surface area contributed by atoms with Gasteiger partial charge in [-0.25, -0.2) is 0 Å². The van der Waals surface area contributed by atoms with Crippen LogP contribution in [0.5, 0.6) is 0 Å². The van der Waals surface area contributed by atoms with Gasteiger partial charge >= 0.3 is 0 Å². The average molecular weight is 1660 g/mol. The summed E-state index contributed by atoms with van der Waals surface area (Å²) in [5.74, 6) is 0. The van der Waals surface area contributed by atoms with Gasteiger partial charge in [-0.3, -0.25) is 4.90 Å². The molecular weight excluding hydrogens is 1430 g/mol. The highest BCUT2D eigenvalue weighted by molar-refractivity contribution is 4.72. The number of hydrogen-bond acceptors (Lipinski definition) is 4. The summed E-state index contributed by atoms with van der Waals surface area (Å²) in [5.41, 5.74) is 0. The Bertz CT molecular complexity index is 1380. The minimum atomic E-state index is 1.27. The zero-order chi connectivity index (χ0) is 84.7. The zero-order valence-corrected chi connectivity index (χ0v) is 84.2. The van der Waals surface area contributed by atoms with Crippen LogP contribution in [0, 0.1) is 0 Å². The van der Waals surface area contributed by atoms with Crippen molar-refractivity contribution >= 4 is 0 Å². The van der Waals surface area contributed by atoms with Crippen LogP contribution in [0.3, 0.4) is 0 Å². The number of rotatable bonds is 111. The predicted octanol–water partition coefficient (Wildman–Crippen LogP) is 39.8. The van der Waals surface area contributed by atoms with E-state index in [-0.39, 0.29) is 0 Å². The van der Waals surface area contributed by atoms with Gasteiger partial charge in [0, 0.05) is 39.3 Å². The molecule has 0 bridgehead atoms. The van der Waals surface area contributed by atoms with Crippen molar-refractivity contribution in [3.05, 3.63) is 0 Å². The number of nitrogens with zero attached hydrogens (tertiary/aromatic N) is 4. The third kappa shape index (κ3) is 101. The van der Waals surface area contributed by atoms with Gasteiger partial charge in [-0.05, 0) is 77.8 Å². The molecule has 0 saturated carbocycles. The summed E-state index contributed by atoms with van der Waals surface area (Å²) in [6.07, 6.45) is 140. The van der Waals surface area contributed by atoms with Crippen molar-refractivity contribution in [1.82, 2.24) is 19.6 Å². The van der Waals surface area contributed by atoms with Gasteiger partial charge in [0.05, 0.1) is 0 Å². The Kier molecular flexibility index (Phi) is 109. The highest BCUT2D eigenvalue weighted by Crippen LogP contribution is 2.23. The smallest absolute Gasteiger partial charge is 0.0110 e. The molecule has 0 aliphatic rings. The highest BCUT2D eigenvalue weighted by atomic mass is 15.2. The first-order valence-electron chi connectivity index (χ1n) is 57.5. The maximum atomic E-state index is 3.07. The molecule has 0 aliphatic heterocycles. The van der Waals surface area contributed by atoms with Gasteiger partial charge < -0.3 is 14.7 Å². The Balaban J connectivity index is 6.44. The van der Waals surface area contributed by atoms with Gasteiger partial charge in [-0.2, -0.15) is 0 Å². The van der Waals surface area contributed by atoms with Crippen LogP contribution in [-0.2, 0) is 0 Å². The van der Waals surface area contributed by atoms with E-state index >= 15 is 0 Å². The maximum Gasteiger partial charge on any atom is 0.0110 e. The molecule has 0 rings (SSSR count). The molecule has 0 aromatic heterocycles. The summed E-state index contributed by atoms with van der Waals surface area (Å²) in [6.45, 7) is 29.7. The number of hydrogen-bond donors (Lipinski definition) is 0. The summed E-state index contributed by atoms with van der Waals surface area (Å²) in [6, 6.07) is 0. The van der Waals surface area contributed by atoms with E-state index in [4.69, 9.17) is 0 Å². The lowest BCUT2D eigenvalue weighted by molar-refractivity contribution is 0.150. The summed E-state index contributed by atoms with van der Waals surface area (Å²) in [4.78, 5) is 12.1. The van der Waals surface area contributed by atoms with Gasteiger partial charge in [0.15, 0.2) is 0 Å². The fourth-order valence-electron chi connectivity index (χ4n) is 19.5. The van der Waals surface area contributed by atoms with Gasteiger partial charge in [0.25, 0.3) is 0 Å². The molecule has 4 heteroatoms. The van der Waals surface area contributed by atoms with E-state index in [0.717, 1.165) is 0 Å². The molecule has 0 saturated heterocycles. The maximum absolute atomic E-state index is 3.07. The van der Waals surface area contributed by atoms with Crippen LogP contribution >= 0.6 is 0 Å². The van der Waals surface area contributed by atoms with Crippen LogP contribution < -0.4 is 0 Å². The Morgan fingerprint density at radius 3 is 0.203 bits per heavy atom. The van der Waals surface area contributed by atoms with E-state index < -0.39 is 0 Å². The van der Waals surface area contributed by atoms with Crippen molar-refractivity contribution in [2.75, 3.05) is 78.5 Å². The van der Waals surface area contributed by atoms with Crippen LogP contribution in [0.25, 0.3) is 0 Å².